The molecule has 20 heavy (non-hydrogen) atoms. The normalized spacial score (nSPS) is 13.9. The average Bonchev–Trinajstić information content (AvgIpc) is 2.91. The number of nitrogens with one attached hydrogen (secondary N) is 1. The van der Waals surface area contributed by atoms with E-state index in [0.29, 0.717) is 12.1 Å². The first kappa shape index (κ1) is 15.1. The molecule has 2 atom stereocenters. The minimum atomic E-state index is 0.432. The van der Waals surface area contributed by atoms with Crippen LogP contribution in [0.2, 0.25) is 0 Å². The maximum atomic E-state index is 5.41. The van der Waals surface area contributed by atoms with Gasteiger partial charge in [0.25, 0.3) is 0 Å². The van der Waals surface area contributed by atoms with Gasteiger partial charge in [0.2, 0.25) is 0 Å². The summed E-state index contributed by atoms with van der Waals surface area (Å²) in [6, 6.07) is 13.5. The fourth-order valence-corrected chi connectivity index (χ4v) is 3.37. The largest absolute Gasteiger partial charge is 0.496 e. The van der Waals surface area contributed by atoms with Crippen molar-refractivity contribution in [3.8, 4) is 5.75 Å². The van der Waals surface area contributed by atoms with Gasteiger partial charge >= 0.3 is 0 Å². The number of ether oxygens (including phenoxy) is 1. The number of thiophene rings is 1. The van der Waals surface area contributed by atoms with Crippen molar-refractivity contribution < 1.29 is 4.74 Å². The summed E-state index contributed by atoms with van der Waals surface area (Å²) in [6.45, 7) is 4.48. The molecule has 0 aliphatic heterocycles. The number of methoxy groups -OCH3 is 1. The quantitative estimate of drug-likeness (QED) is 0.834. The number of para-hydroxylation sites is 1. The van der Waals surface area contributed by atoms with Crippen LogP contribution < -0.4 is 10.1 Å². The SMILES string of the molecule is COc1ccccc1CC(C)NC(C)Cc1cccs1. The van der Waals surface area contributed by atoms with Crippen LogP contribution in [0.5, 0.6) is 5.75 Å². The van der Waals surface area contributed by atoms with Crippen LogP contribution in [0.1, 0.15) is 24.3 Å². The standard InChI is InChI=1S/C17H23NOS/c1-13(11-15-7-4-5-9-17(15)19-3)18-14(2)12-16-8-6-10-20-16/h4-10,13-14,18H,11-12H2,1-3H3. The summed E-state index contributed by atoms with van der Waals surface area (Å²) in [5.74, 6) is 0.979. The Bertz CT molecular complexity index is 509. The molecule has 0 saturated heterocycles. The molecule has 108 valence electrons. The monoisotopic (exact) mass is 289 g/mol. The lowest BCUT2D eigenvalue weighted by Crippen LogP contribution is -2.37. The molecular weight excluding hydrogens is 266 g/mol. The van der Waals surface area contributed by atoms with Crippen molar-refractivity contribution in [2.24, 2.45) is 0 Å². The zero-order chi connectivity index (χ0) is 14.4. The second-order valence-electron chi connectivity index (χ2n) is 5.27. The fraction of sp³-hybridized carbons (Fsp3) is 0.412. The molecule has 1 aromatic carbocycles. The van der Waals surface area contributed by atoms with Gasteiger partial charge in [-0.05, 0) is 49.8 Å². The minimum Gasteiger partial charge on any atom is -0.496 e. The molecule has 1 N–H and O–H groups in total. The minimum absolute atomic E-state index is 0.432. The third-order valence-electron chi connectivity index (χ3n) is 3.38. The summed E-state index contributed by atoms with van der Waals surface area (Å²) in [5.41, 5.74) is 1.26. The second kappa shape index (κ2) is 7.46. The van der Waals surface area contributed by atoms with Crippen LogP contribution in [0.15, 0.2) is 41.8 Å². The lowest BCUT2D eigenvalue weighted by molar-refractivity contribution is 0.402. The van der Waals surface area contributed by atoms with Crippen LogP contribution in [0.3, 0.4) is 0 Å². The molecule has 2 nitrogen and oxygen atoms in total. The van der Waals surface area contributed by atoms with Crippen LogP contribution in [0, 0.1) is 0 Å². The molecule has 0 amide bonds. The first-order valence-electron chi connectivity index (χ1n) is 7.09. The number of benzene rings is 1. The van der Waals surface area contributed by atoms with Gasteiger partial charge in [-0.25, -0.2) is 0 Å². The van der Waals surface area contributed by atoms with E-state index in [-0.39, 0.29) is 0 Å². The molecule has 0 saturated carbocycles. The van der Waals surface area contributed by atoms with Crippen LogP contribution in [0.25, 0.3) is 0 Å². The highest BCUT2D eigenvalue weighted by Gasteiger charge is 2.11. The molecule has 1 aromatic heterocycles. The van der Waals surface area contributed by atoms with Crippen molar-refractivity contribution in [3.05, 3.63) is 52.2 Å². The van der Waals surface area contributed by atoms with Crippen LogP contribution in [-0.4, -0.2) is 19.2 Å². The molecule has 3 heteroatoms. The topological polar surface area (TPSA) is 21.3 Å². The predicted molar refractivity (Wildman–Crippen MR) is 86.8 cm³/mol. The Morgan fingerprint density at radius 1 is 1.05 bits per heavy atom. The Morgan fingerprint density at radius 2 is 1.80 bits per heavy atom. The Balaban J connectivity index is 1.87. The zero-order valence-electron chi connectivity index (χ0n) is 12.4. The molecule has 0 bridgehead atoms. The first-order valence-corrected chi connectivity index (χ1v) is 7.97. The van der Waals surface area contributed by atoms with E-state index in [4.69, 9.17) is 4.74 Å². The molecule has 2 rings (SSSR count). The number of hydrogen-bond donors (Lipinski definition) is 1. The molecule has 0 fully saturated rings. The maximum absolute atomic E-state index is 5.41. The Kier molecular flexibility index (Phi) is 5.62. The summed E-state index contributed by atoms with van der Waals surface area (Å²) in [4.78, 5) is 1.44. The van der Waals surface area contributed by atoms with Gasteiger partial charge in [0.15, 0.2) is 0 Å². The van der Waals surface area contributed by atoms with E-state index >= 15 is 0 Å². The summed E-state index contributed by atoms with van der Waals surface area (Å²) in [6.07, 6.45) is 2.08. The van der Waals surface area contributed by atoms with Crippen molar-refractivity contribution >= 4 is 11.3 Å². The van der Waals surface area contributed by atoms with Gasteiger partial charge < -0.3 is 10.1 Å². The third kappa shape index (κ3) is 4.36. The molecule has 0 radical (unpaired) electrons. The van der Waals surface area contributed by atoms with E-state index in [1.807, 2.05) is 23.5 Å². The molecule has 0 aliphatic rings. The van der Waals surface area contributed by atoms with Gasteiger partial charge in [0, 0.05) is 17.0 Å². The molecule has 0 aliphatic carbocycles. The lowest BCUT2D eigenvalue weighted by atomic mass is 10.0. The van der Waals surface area contributed by atoms with E-state index in [2.05, 4.69) is 48.8 Å². The molecule has 1 heterocycles. The third-order valence-corrected chi connectivity index (χ3v) is 4.27. The van der Waals surface area contributed by atoms with Crippen LogP contribution in [-0.2, 0) is 12.8 Å². The molecule has 2 aromatic rings. The highest BCUT2D eigenvalue weighted by Crippen LogP contribution is 2.19. The summed E-state index contributed by atoms with van der Waals surface area (Å²) >= 11 is 1.83. The van der Waals surface area contributed by atoms with E-state index in [1.54, 1.807) is 7.11 Å². The average molecular weight is 289 g/mol. The van der Waals surface area contributed by atoms with E-state index < -0.39 is 0 Å². The first-order chi connectivity index (χ1) is 9.69. The maximum Gasteiger partial charge on any atom is 0.122 e. The predicted octanol–water partition coefficient (Wildman–Crippen LogP) is 3.91. The van der Waals surface area contributed by atoms with Crippen molar-refractivity contribution in [2.45, 2.75) is 38.8 Å². The molecule has 0 spiro atoms. The van der Waals surface area contributed by atoms with Gasteiger partial charge in [-0.3, -0.25) is 0 Å². The van der Waals surface area contributed by atoms with Crippen molar-refractivity contribution in [3.63, 3.8) is 0 Å². The fourth-order valence-electron chi connectivity index (χ4n) is 2.54. The lowest BCUT2D eigenvalue weighted by Gasteiger charge is -2.20. The Labute approximate surface area is 125 Å². The van der Waals surface area contributed by atoms with Gasteiger partial charge in [-0.1, -0.05) is 24.3 Å². The second-order valence-corrected chi connectivity index (χ2v) is 6.30. The van der Waals surface area contributed by atoms with Gasteiger partial charge in [0.1, 0.15) is 5.75 Å². The molecule has 2 unspecified atom stereocenters. The van der Waals surface area contributed by atoms with Crippen LogP contribution in [0.4, 0.5) is 0 Å². The summed E-state index contributed by atoms with van der Waals surface area (Å²) in [5, 5.41) is 5.81. The van der Waals surface area contributed by atoms with Crippen molar-refractivity contribution in [1.29, 1.82) is 0 Å². The highest BCUT2D eigenvalue weighted by atomic mass is 32.1. The van der Waals surface area contributed by atoms with Gasteiger partial charge in [0.05, 0.1) is 7.11 Å². The van der Waals surface area contributed by atoms with Crippen LogP contribution >= 0.6 is 11.3 Å². The van der Waals surface area contributed by atoms with Gasteiger partial charge in [-0.15, -0.1) is 11.3 Å². The summed E-state index contributed by atoms with van der Waals surface area (Å²) < 4.78 is 5.41. The number of hydrogen-bond acceptors (Lipinski definition) is 3. The van der Waals surface area contributed by atoms with Crippen molar-refractivity contribution in [1.82, 2.24) is 5.32 Å². The summed E-state index contributed by atoms with van der Waals surface area (Å²) in [7, 11) is 1.73. The smallest absolute Gasteiger partial charge is 0.122 e. The van der Waals surface area contributed by atoms with E-state index in [9.17, 15) is 0 Å². The zero-order valence-corrected chi connectivity index (χ0v) is 13.2. The Morgan fingerprint density at radius 3 is 2.50 bits per heavy atom. The van der Waals surface area contributed by atoms with E-state index in [1.165, 1.54) is 10.4 Å². The Hall–Kier alpha value is -1.32. The van der Waals surface area contributed by atoms with Gasteiger partial charge in [-0.2, -0.15) is 0 Å². The van der Waals surface area contributed by atoms with Crippen molar-refractivity contribution in [2.75, 3.05) is 7.11 Å². The molecular formula is C17H23NOS. The highest BCUT2D eigenvalue weighted by molar-refractivity contribution is 7.09. The number of rotatable bonds is 7. The van der Waals surface area contributed by atoms with E-state index in [0.717, 1.165) is 18.6 Å².